The number of carboxylic acid groups (broad SMARTS) is 1. The van der Waals surface area contributed by atoms with Crippen molar-refractivity contribution in [2.24, 2.45) is 5.73 Å². The molecule has 104 valence electrons. The standard InChI is InChI=1S/C13H19N3O3/c1-4-9(3)16(7-11(17)18)13-10(12(14)19)6-5-8(2)15-13/h5-6,9H,4,7H2,1-3H3,(H2,14,19)(H,17,18). The van der Waals surface area contributed by atoms with Crippen LogP contribution in [-0.2, 0) is 4.79 Å². The molecule has 1 aromatic heterocycles. The van der Waals surface area contributed by atoms with Crippen LogP contribution in [-0.4, -0.2) is 34.6 Å². The number of nitrogens with two attached hydrogens (primary N) is 1. The molecule has 0 radical (unpaired) electrons. The van der Waals surface area contributed by atoms with Crippen LogP contribution in [0.2, 0.25) is 0 Å². The lowest BCUT2D eigenvalue weighted by atomic mass is 10.1. The third-order valence-electron chi connectivity index (χ3n) is 2.98. The average Bonchev–Trinajstić information content (AvgIpc) is 2.34. The number of primary amides is 1. The lowest BCUT2D eigenvalue weighted by Crippen LogP contribution is -2.39. The van der Waals surface area contributed by atoms with Gasteiger partial charge in [0.05, 0.1) is 5.56 Å². The predicted molar refractivity (Wildman–Crippen MR) is 72.2 cm³/mol. The topological polar surface area (TPSA) is 96.5 Å². The Labute approximate surface area is 112 Å². The summed E-state index contributed by atoms with van der Waals surface area (Å²) >= 11 is 0. The van der Waals surface area contributed by atoms with Crippen LogP contribution in [0.1, 0.15) is 36.3 Å². The highest BCUT2D eigenvalue weighted by Gasteiger charge is 2.22. The molecule has 19 heavy (non-hydrogen) atoms. The molecule has 1 amide bonds. The van der Waals surface area contributed by atoms with Gasteiger partial charge < -0.3 is 15.7 Å². The van der Waals surface area contributed by atoms with Gasteiger partial charge in [0.1, 0.15) is 12.4 Å². The first-order valence-electron chi connectivity index (χ1n) is 6.12. The Hall–Kier alpha value is -2.11. The highest BCUT2D eigenvalue weighted by Crippen LogP contribution is 2.21. The summed E-state index contributed by atoms with van der Waals surface area (Å²) in [6.07, 6.45) is 0.737. The summed E-state index contributed by atoms with van der Waals surface area (Å²) < 4.78 is 0. The van der Waals surface area contributed by atoms with Gasteiger partial charge in [0, 0.05) is 11.7 Å². The third-order valence-corrected chi connectivity index (χ3v) is 2.98. The first-order valence-corrected chi connectivity index (χ1v) is 6.12. The lowest BCUT2D eigenvalue weighted by Gasteiger charge is -2.29. The molecule has 0 saturated heterocycles. The van der Waals surface area contributed by atoms with Crippen LogP contribution in [0, 0.1) is 6.92 Å². The maximum atomic E-state index is 11.4. The SMILES string of the molecule is CCC(C)N(CC(=O)O)c1nc(C)ccc1C(N)=O. The van der Waals surface area contributed by atoms with Crippen molar-refractivity contribution in [2.75, 3.05) is 11.4 Å². The number of carbonyl (C=O) groups excluding carboxylic acids is 1. The van der Waals surface area contributed by atoms with E-state index in [2.05, 4.69) is 4.98 Å². The highest BCUT2D eigenvalue weighted by atomic mass is 16.4. The maximum Gasteiger partial charge on any atom is 0.323 e. The predicted octanol–water partition coefficient (Wildman–Crippen LogP) is 1.18. The van der Waals surface area contributed by atoms with E-state index < -0.39 is 11.9 Å². The second-order valence-corrected chi connectivity index (χ2v) is 4.47. The number of pyridine rings is 1. The fraction of sp³-hybridized carbons (Fsp3) is 0.462. The van der Waals surface area contributed by atoms with Crippen molar-refractivity contribution in [1.82, 2.24) is 4.98 Å². The zero-order valence-corrected chi connectivity index (χ0v) is 11.4. The van der Waals surface area contributed by atoms with Gasteiger partial charge in [-0.15, -0.1) is 0 Å². The molecule has 0 aliphatic carbocycles. The molecule has 0 aromatic carbocycles. The Kier molecular flexibility index (Phi) is 4.86. The Balaban J connectivity index is 3.30. The second kappa shape index (κ2) is 6.17. The summed E-state index contributed by atoms with van der Waals surface area (Å²) in [5.74, 6) is -1.25. The molecule has 0 aliphatic rings. The minimum atomic E-state index is -0.973. The summed E-state index contributed by atoms with van der Waals surface area (Å²) in [5, 5.41) is 9.00. The van der Waals surface area contributed by atoms with Crippen molar-refractivity contribution >= 4 is 17.7 Å². The summed E-state index contributed by atoms with van der Waals surface area (Å²) in [5.41, 5.74) is 6.27. The van der Waals surface area contributed by atoms with E-state index in [0.717, 1.165) is 6.42 Å². The molecule has 1 aromatic rings. The minimum Gasteiger partial charge on any atom is -0.480 e. The van der Waals surface area contributed by atoms with Gasteiger partial charge in [-0.2, -0.15) is 0 Å². The third kappa shape index (κ3) is 3.67. The Morgan fingerprint density at radius 1 is 1.47 bits per heavy atom. The van der Waals surface area contributed by atoms with E-state index >= 15 is 0 Å². The molecule has 0 saturated carbocycles. The van der Waals surface area contributed by atoms with E-state index in [1.807, 2.05) is 13.8 Å². The molecule has 0 fully saturated rings. The molecule has 6 heteroatoms. The van der Waals surface area contributed by atoms with Gasteiger partial charge in [0.15, 0.2) is 0 Å². The van der Waals surface area contributed by atoms with Gasteiger partial charge >= 0.3 is 5.97 Å². The van der Waals surface area contributed by atoms with E-state index in [1.54, 1.807) is 24.0 Å². The minimum absolute atomic E-state index is 0.0523. The molecule has 1 rings (SSSR count). The summed E-state index contributed by atoms with van der Waals surface area (Å²) in [4.78, 5) is 28.3. The van der Waals surface area contributed by atoms with E-state index in [0.29, 0.717) is 11.5 Å². The first-order chi connectivity index (χ1) is 8.86. The van der Waals surface area contributed by atoms with E-state index in [4.69, 9.17) is 10.8 Å². The maximum absolute atomic E-state index is 11.4. The number of amides is 1. The molecular formula is C13H19N3O3. The van der Waals surface area contributed by atoms with Crippen molar-refractivity contribution < 1.29 is 14.7 Å². The summed E-state index contributed by atoms with van der Waals surface area (Å²) in [6.45, 7) is 5.40. The molecule has 0 bridgehead atoms. The second-order valence-electron chi connectivity index (χ2n) is 4.47. The average molecular weight is 265 g/mol. The van der Waals surface area contributed by atoms with Crippen LogP contribution < -0.4 is 10.6 Å². The van der Waals surface area contributed by atoms with E-state index in [-0.39, 0.29) is 18.2 Å². The van der Waals surface area contributed by atoms with Crippen molar-refractivity contribution in [2.45, 2.75) is 33.2 Å². The van der Waals surface area contributed by atoms with Crippen LogP contribution in [0.15, 0.2) is 12.1 Å². The van der Waals surface area contributed by atoms with Gasteiger partial charge in [0.2, 0.25) is 0 Å². The van der Waals surface area contributed by atoms with Crippen LogP contribution in [0.3, 0.4) is 0 Å². The number of aliphatic carboxylic acids is 1. The zero-order valence-electron chi connectivity index (χ0n) is 11.4. The summed E-state index contributed by atoms with van der Waals surface area (Å²) in [6, 6.07) is 3.21. The Bertz CT molecular complexity index is 488. The van der Waals surface area contributed by atoms with Gasteiger partial charge in [-0.25, -0.2) is 4.98 Å². The molecular weight excluding hydrogens is 246 g/mol. The number of aryl methyl sites for hydroxylation is 1. The molecule has 1 heterocycles. The Morgan fingerprint density at radius 2 is 2.11 bits per heavy atom. The number of hydrogen-bond donors (Lipinski definition) is 2. The smallest absolute Gasteiger partial charge is 0.323 e. The highest BCUT2D eigenvalue weighted by molar-refractivity contribution is 5.98. The number of carbonyl (C=O) groups is 2. The first kappa shape index (κ1) is 14.9. The van der Waals surface area contributed by atoms with Crippen LogP contribution in [0.25, 0.3) is 0 Å². The number of hydrogen-bond acceptors (Lipinski definition) is 4. The molecule has 0 aliphatic heterocycles. The quantitative estimate of drug-likeness (QED) is 0.805. The van der Waals surface area contributed by atoms with Gasteiger partial charge in [-0.3, -0.25) is 9.59 Å². The molecule has 1 atom stereocenters. The van der Waals surface area contributed by atoms with Crippen LogP contribution in [0.5, 0.6) is 0 Å². The monoisotopic (exact) mass is 265 g/mol. The van der Waals surface area contributed by atoms with Crippen molar-refractivity contribution in [1.29, 1.82) is 0 Å². The molecule has 1 unspecified atom stereocenters. The fourth-order valence-electron chi connectivity index (χ4n) is 1.76. The molecule has 0 spiro atoms. The number of nitrogens with zero attached hydrogens (tertiary/aromatic N) is 2. The fourth-order valence-corrected chi connectivity index (χ4v) is 1.76. The van der Waals surface area contributed by atoms with Crippen molar-refractivity contribution in [3.63, 3.8) is 0 Å². The summed E-state index contributed by atoms with van der Waals surface area (Å²) in [7, 11) is 0. The largest absolute Gasteiger partial charge is 0.480 e. The van der Waals surface area contributed by atoms with E-state index in [1.165, 1.54) is 0 Å². The molecule has 3 N–H and O–H groups in total. The van der Waals surface area contributed by atoms with Crippen LogP contribution >= 0.6 is 0 Å². The lowest BCUT2D eigenvalue weighted by molar-refractivity contribution is -0.135. The molecule has 6 nitrogen and oxygen atoms in total. The van der Waals surface area contributed by atoms with Gasteiger partial charge in [-0.1, -0.05) is 6.92 Å². The van der Waals surface area contributed by atoms with Gasteiger partial charge in [-0.05, 0) is 32.4 Å². The number of carboxylic acids is 1. The normalized spacial score (nSPS) is 11.9. The van der Waals surface area contributed by atoms with E-state index in [9.17, 15) is 9.59 Å². The Morgan fingerprint density at radius 3 is 2.58 bits per heavy atom. The number of rotatable bonds is 6. The number of aromatic nitrogens is 1. The zero-order chi connectivity index (χ0) is 14.6. The van der Waals surface area contributed by atoms with Crippen molar-refractivity contribution in [3.05, 3.63) is 23.4 Å². The number of anilines is 1. The van der Waals surface area contributed by atoms with Gasteiger partial charge in [0.25, 0.3) is 5.91 Å². The van der Waals surface area contributed by atoms with Crippen LogP contribution in [0.4, 0.5) is 5.82 Å². The van der Waals surface area contributed by atoms with Crippen molar-refractivity contribution in [3.8, 4) is 0 Å².